The molecule has 136 valence electrons. The lowest BCUT2D eigenvalue weighted by atomic mass is 10.2. The minimum atomic E-state index is -0.168. The van der Waals surface area contributed by atoms with Gasteiger partial charge in [0.15, 0.2) is 5.65 Å². The van der Waals surface area contributed by atoms with Crippen molar-refractivity contribution < 1.29 is 4.74 Å². The largest absolute Gasteiger partial charge is 0.473 e. The van der Waals surface area contributed by atoms with Crippen LogP contribution in [0.25, 0.3) is 16.9 Å². The maximum Gasteiger partial charge on any atom is 0.334 e. The van der Waals surface area contributed by atoms with E-state index in [0.29, 0.717) is 34.1 Å². The van der Waals surface area contributed by atoms with Gasteiger partial charge in [0.05, 0.1) is 16.9 Å². The first-order valence-corrected chi connectivity index (χ1v) is 9.22. The number of imidazole rings is 1. The Labute approximate surface area is 164 Å². The first kappa shape index (κ1) is 17.5. The lowest BCUT2D eigenvalue weighted by molar-refractivity contribution is 0.293. The van der Waals surface area contributed by atoms with E-state index in [-0.39, 0.29) is 5.69 Å². The van der Waals surface area contributed by atoms with E-state index in [4.69, 9.17) is 4.74 Å². The molecule has 6 nitrogen and oxygen atoms in total. The molecule has 0 saturated carbocycles. The molecule has 0 unspecified atom stereocenters. The van der Waals surface area contributed by atoms with Gasteiger partial charge >= 0.3 is 5.69 Å². The van der Waals surface area contributed by atoms with Crippen LogP contribution in [0, 0.1) is 6.92 Å². The Bertz CT molecular complexity index is 1180. The number of benzene rings is 1. The fourth-order valence-electron chi connectivity index (χ4n) is 2.99. The van der Waals surface area contributed by atoms with Gasteiger partial charge in [-0.1, -0.05) is 30.3 Å². The number of aryl methyl sites for hydroxylation is 2. The van der Waals surface area contributed by atoms with Gasteiger partial charge in [-0.25, -0.2) is 14.8 Å². The molecule has 7 heteroatoms. The third-order valence-electron chi connectivity index (χ3n) is 4.36. The van der Waals surface area contributed by atoms with Crippen molar-refractivity contribution in [2.24, 2.45) is 7.05 Å². The predicted molar refractivity (Wildman–Crippen MR) is 107 cm³/mol. The van der Waals surface area contributed by atoms with E-state index in [9.17, 15) is 4.79 Å². The van der Waals surface area contributed by atoms with Crippen molar-refractivity contribution in [3.05, 3.63) is 80.9 Å². The van der Waals surface area contributed by atoms with Gasteiger partial charge in [0, 0.05) is 13.1 Å². The monoisotopic (exact) mass is 424 g/mol. The fraction of sp³-hybridized carbons (Fsp3) is 0.150. The lowest BCUT2D eigenvalue weighted by Crippen LogP contribution is -2.21. The van der Waals surface area contributed by atoms with Crippen LogP contribution in [-0.2, 0) is 13.7 Å². The van der Waals surface area contributed by atoms with Crippen molar-refractivity contribution in [2.75, 3.05) is 0 Å². The van der Waals surface area contributed by atoms with Crippen LogP contribution >= 0.6 is 15.9 Å². The Morgan fingerprint density at radius 3 is 2.56 bits per heavy atom. The summed E-state index contributed by atoms with van der Waals surface area (Å²) in [6.45, 7) is 2.31. The quantitative estimate of drug-likeness (QED) is 0.467. The zero-order chi connectivity index (χ0) is 19.0. The van der Waals surface area contributed by atoms with Crippen molar-refractivity contribution in [1.82, 2.24) is 19.1 Å². The molecule has 0 aliphatic heterocycles. The highest BCUT2D eigenvalue weighted by Gasteiger charge is 2.16. The SMILES string of the molecule is Cc1nc(OCc2ccccc2)ccc1-n1c(=O)n(C)c2nc(Br)ccc21. The number of nitrogens with zero attached hydrogens (tertiary/aromatic N) is 4. The summed E-state index contributed by atoms with van der Waals surface area (Å²) in [5.41, 5.74) is 3.66. The van der Waals surface area contributed by atoms with Crippen molar-refractivity contribution in [3.63, 3.8) is 0 Å². The summed E-state index contributed by atoms with van der Waals surface area (Å²) in [7, 11) is 1.71. The van der Waals surface area contributed by atoms with Gasteiger partial charge in [0.25, 0.3) is 0 Å². The first-order valence-electron chi connectivity index (χ1n) is 8.43. The Hall–Kier alpha value is -2.93. The maximum atomic E-state index is 12.8. The van der Waals surface area contributed by atoms with Gasteiger partial charge in [-0.3, -0.25) is 9.13 Å². The molecule has 0 radical (unpaired) electrons. The number of fused-ring (bicyclic) bond motifs is 1. The molecule has 0 N–H and O–H groups in total. The van der Waals surface area contributed by atoms with E-state index < -0.39 is 0 Å². The maximum absolute atomic E-state index is 12.8. The van der Waals surface area contributed by atoms with Crippen molar-refractivity contribution >= 4 is 27.1 Å². The molecule has 0 saturated heterocycles. The lowest BCUT2D eigenvalue weighted by Gasteiger charge is -2.10. The number of pyridine rings is 2. The van der Waals surface area contributed by atoms with Gasteiger partial charge < -0.3 is 4.74 Å². The Balaban J connectivity index is 1.70. The molecule has 3 aromatic heterocycles. The minimum absolute atomic E-state index is 0.168. The summed E-state index contributed by atoms with van der Waals surface area (Å²) in [5, 5.41) is 0. The van der Waals surface area contributed by atoms with Crippen LogP contribution in [-0.4, -0.2) is 19.1 Å². The zero-order valence-corrected chi connectivity index (χ0v) is 16.5. The Morgan fingerprint density at radius 2 is 1.81 bits per heavy atom. The molecule has 1 aromatic carbocycles. The van der Waals surface area contributed by atoms with E-state index in [1.807, 2.05) is 55.5 Å². The molecule has 0 fully saturated rings. The second-order valence-electron chi connectivity index (χ2n) is 6.18. The molecular formula is C20H17BrN4O2. The third-order valence-corrected chi connectivity index (χ3v) is 4.80. The predicted octanol–water partition coefficient (Wildman–Crippen LogP) is 3.77. The third kappa shape index (κ3) is 3.26. The average Bonchev–Trinajstić information content (AvgIpc) is 2.92. The van der Waals surface area contributed by atoms with Crippen LogP contribution in [0.4, 0.5) is 0 Å². The van der Waals surface area contributed by atoms with E-state index in [2.05, 4.69) is 25.9 Å². The highest BCUT2D eigenvalue weighted by atomic mass is 79.9. The summed E-state index contributed by atoms with van der Waals surface area (Å²) in [5.74, 6) is 0.522. The van der Waals surface area contributed by atoms with Crippen LogP contribution in [0.2, 0.25) is 0 Å². The summed E-state index contributed by atoms with van der Waals surface area (Å²) in [6.07, 6.45) is 0. The molecule has 27 heavy (non-hydrogen) atoms. The van der Waals surface area contributed by atoms with E-state index in [0.717, 1.165) is 11.1 Å². The molecule has 0 aliphatic carbocycles. The molecule has 0 aliphatic rings. The van der Waals surface area contributed by atoms with Crippen LogP contribution in [0.3, 0.4) is 0 Å². The zero-order valence-electron chi connectivity index (χ0n) is 14.9. The molecule has 4 aromatic rings. The molecular weight excluding hydrogens is 408 g/mol. The number of aromatic nitrogens is 4. The summed E-state index contributed by atoms with van der Waals surface area (Å²) in [4.78, 5) is 21.7. The summed E-state index contributed by atoms with van der Waals surface area (Å²) < 4.78 is 9.61. The molecule has 3 heterocycles. The molecule has 4 rings (SSSR count). The van der Waals surface area contributed by atoms with Crippen molar-refractivity contribution in [3.8, 4) is 11.6 Å². The second-order valence-corrected chi connectivity index (χ2v) is 6.99. The molecule has 0 amide bonds. The smallest absolute Gasteiger partial charge is 0.334 e. The van der Waals surface area contributed by atoms with Crippen molar-refractivity contribution in [1.29, 1.82) is 0 Å². The number of ether oxygens (including phenoxy) is 1. The summed E-state index contributed by atoms with van der Waals surface area (Å²) >= 11 is 3.35. The number of halogens is 1. The van der Waals surface area contributed by atoms with E-state index in [1.54, 1.807) is 17.7 Å². The molecule has 0 spiro atoms. The number of hydrogen-bond donors (Lipinski definition) is 0. The van der Waals surface area contributed by atoms with Gasteiger partial charge in [-0.05, 0) is 46.6 Å². The Kier molecular flexibility index (Phi) is 4.53. The number of rotatable bonds is 4. The second kappa shape index (κ2) is 7.00. The van der Waals surface area contributed by atoms with Gasteiger partial charge in [-0.2, -0.15) is 0 Å². The standard InChI is InChI=1S/C20H17BrN4O2/c1-13-15(9-11-18(22-13)27-12-14-6-4-3-5-7-14)25-16-8-10-17(21)23-19(16)24(2)20(25)26/h3-11H,12H2,1-2H3. The highest BCUT2D eigenvalue weighted by Crippen LogP contribution is 2.22. The normalized spacial score (nSPS) is 11.1. The minimum Gasteiger partial charge on any atom is -0.473 e. The van der Waals surface area contributed by atoms with Crippen molar-refractivity contribution in [2.45, 2.75) is 13.5 Å². The highest BCUT2D eigenvalue weighted by molar-refractivity contribution is 9.10. The van der Waals surface area contributed by atoms with Crippen LogP contribution in [0.5, 0.6) is 5.88 Å². The van der Waals surface area contributed by atoms with E-state index in [1.165, 1.54) is 4.57 Å². The van der Waals surface area contributed by atoms with Gasteiger partial charge in [0.2, 0.25) is 5.88 Å². The molecule has 0 atom stereocenters. The fourth-order valence-corrected chi connectivity index (χ4v) is 3.29. The van der Waals surface area contributed by atoms with Gasteiger partial charge in [0.1, 0.15) is 11.2 Å². The topological polar surface area (TPSA) is 61.9 Å². The Morgan fingerprint density at radius 1 is 1.04 bits per heavy atom. The molecule has 0 bridgehead atoms. The van der Waals surface area contributed by atoms with E-state index >= 15 is 0 Å². The van der Waals surface area contributed by atoms with Crippen LogP contribution in [0.1, 0.15) is 11.3 Å². The summed E-state index contributed by atoms with van der Waals surface area (Å²) in [6, 6.07) is 17.2. The number of hydrogen-bond acceptors (Lipinski definition) is 4. The van der Waals surface area contributed by atoms with Crippen LogP contribution in [0.15, 0.2) is 64.0 Å². The van der Waals surface area contributed by atoms with Gasteiger partial charge in [-0.15, -0.1) is 0 Å². The average molecular weight is 425 g/mol. The first-order chi connectivity index (χ1) is 13.0. The van der Waals surface area contributed by atoms with Crippen LogP contribution < -0.4 is 10.4 Å².